The summed E-state index contributed by atoms with van der Waals surface area (Å²) in [6.45, 7) is 2.68. The van der Waals surface area contributed by atoms with Gasteiger partial charge in [-0.05, 0) is 43.0 Å². The van der Waals surface area contributed by atoms with Crippen molar-refractivity contribution >= 4 is 27.1 Å². The van der Waals surface area contributed by atoms with Crippen LogP contribution in [0.2, 0.25) is 0 Å². The molecule has 0 saturated carbocycles. The fourth-order valence-corrected chi connectivity index (χ4v) is 4.87. The summed E-state index contributed by atoms with van der Waals surface area (Å²) < 4.78 is 33.4. The Morgan fingerprint density at radius 1 is 1.18 bits per heavy atom. The van der Waals surface area contributed by atoms with Crippen LogP contribution in [0.15, 0.2) is 59.6 Å². The van der Waals surface area contributed by atoms with Crippen LogP contribution in [-0.4, -0.2) is 46.1 Å². The van der Waals surface area contributed by atoms with Gasteiger partial charge >= 0.3 is 0 Å². The van der Waals surface area contributed by atoms with Crippen LogP contribution in [0.1, 0.15) is 6.42 Å². The van der Waals surface area contributed by atoms with E-state index in [4.69, 9.17) is 10.5 Å². The van der Waals surface area contributed by atoms with Crippen molar-refractivity contribution in [3.63, 3.8) is 0 Å². The van der Waals surface area contributed by atoms with Crippen LogP contribution in [0.4, 0.5) is 17.1 Å². The van der Waals surface area contributed by atoms with Gasteiger partial charge in [-0.25, -0.2) is 8.42 Å². The second-order valence-electron chi connectivity index (χ2n) is 6.98. The lowest BCUT2D eigenvalue weighted by Gasteiger charge is -2.40. The number of nitrogens with two attached hydrogens (primary N) is 1. The number of sulfonamides is 1. The molecule has 1 fully saturated rings. The number of benzene rings is 2. The summed E-state index contributed by atoms with van der Waals surface area (Å²) in [6.07, 6.45) is 5.38. The normalized spacial score (nSPS) is 18.8. The third-order valence-corrected chi connectivity index (χ3v) is 6.60. The van der Waals surface area contributed by atoms with E-state index in [1.807, 2.05) is 0 Å². The molecule has 148 valence electrons. The molecule has 0 spiro atoms. The van der Waals surface area contributed by atoms with Crippen molar-refractivity contribution in [2.24, 2.45) is 0 Å². The molecule has 2 heterocycles. The van der Waals surface area contributed by atoms with Crippen LogP contribution in [0.25, 0.3) is 0 Å². The molecule has 3 N–H and O–H groups in total. The average Bonchev–Trinajstić information content (AvgIpc) is 3.16. The minimum Gasteiger partial charge on any atom is -0.495 e. The number of rotatable bonds is 5. The topological polar surface area (TPSA) is 87.9 Å². The second-order valence-corrected chi connectivity index (χ2v) is 8.67. The van der Waals surface area contributed by atoms with Crippen molar-refractivity contribution in [2.75, 3.05) is 42.1 Å². The van der Waals surface area contributed by atoms with E-state index in [0.29, 0.717) is 23.2 Å². The number of fused-ring (bicyclic) bond motifs is 1. The fourth-order valence-electron chi connectivity index (χ4n) is 3.77. The van der Waals surface area contributed by atoms with Crippen LogP contribution < -0.4 is 20.1 Å². The Bertz CT molecular complexity index is 1010. The molecule has 2 aromatic rings. The predicted octanol–water partition coefficient (Wildman–Crippen LogP) is 2.49. The molecule has 0 aromatic heterocycles. The van der Waals surface area contributed by atoms with Crippen LogP contribution in [0.3, 0.4) is 0 Å². The zero-order valence-electron chi connectivity index (χ0n) is 15.7. The molecule has 0 radical (unpaired) electrons. The van der Waals surface area contributed by atoms with Gasteiger partial charge in [-0.2, -0.15) is 0 Å². The highest BCUT2D eigenvalue weighted by atomic mass is 32.2. The van der Waals surface area contributed by atoms with Crippen molar-refractivity contribution in [3.05, 3.63) is 54.7 Å². The number of nitrogens with zero attached hydrogens (tertiary/aromatic N) is 2. The van der Waals surface area contributed by atoms with E-state index in [-0.39, 0.29) is 4.90 Å². The maximum Gasteiger partial charge on any atom is 0.262 e. The number of hydrogen-bond acceptors (Lipinski definition) is 6. The molecule has 2 aromatic carbocycles. The number of hydrogen-bond donors (Lipinski definition) is 2. The second kappa shape index (κ2) is 7.27. The predicted molar refractivity (Wildman–Crippen MR) is 111 cm³/mol. The van der Waals surface area contributed by atoms with Gasteiger partial charge in [0.1, 0.15) is 5.75 Å². The van der Waals surface area contributed by atoms with E-state index in [1.54, 1.807) is 36.4 Å². The highest BCUT2D eigenvalue weighted by Gasteiger charge is 2.28. The molecule has 8 heteroatoms. The monoisotopic (exact) mass is 400 g/mol. The summed E-state index contributed by atoms with van der Waals surface area (Å²) in [5.74, 6) is 0.457. The van der Waals surface area contributed by atoms with E-state index in [9.17, 15) is 8.42 Å². The van der Waals surface area contributed by atoms with Gasteiger partial charge in [0, 0.05) is 25.7 Å². The van der Waals surface area contributed by atoms with Crippen LogP contribution in [0.5, 0.6) is 5.75 Å². The number of anilines is 3. The van der Waals surface area contributed by atoms with Crippen molar-refractivity contribution in [1.82, 2.24) is 4.90 Å². The number of para-hydroxylation sites is 2. The summed E-state index contributed by atoms with van der Waals surface area (Å²) in [5.41, 5.74) is 7.97. The highest BCUT2D eigenvalue weighted by molar-refractivity contribution is 7.92. The molecule has 0 amide bonds. The lowest BCUT2D eigenvalue weighted by atomic mass is 10.1. The SMILES string of the molecule is COc1ccccc1NS(=O)(=O)c1ccc(N2CCN3C=CCC3C2)c(N)c1. The Balaban J connectivity index is 1.55. The molecular formula is C20H24N4O3S. The van der Waals surface area contributed by atoms with Crippen LogP contribution in [0, 0.1) is 0 Å². The molecule has 2 aliphatic heterocycles. The van der Waals surface area contributed by atoms with E-state index in [2.05, 4.69) is 26.8 Å². The molecule has 0 aliphatic carbocycles. The van der Waals surface area contributed by atoms with Gasteiger partial charge in [0.15, 0.2) is 0 Å². The largest absolute Gasteiger partial charge is 0.495 e. The molecule has 0 bridgehead atoms. The summed E-state index contributed by atoms with van der Waals surface area (Å²) in [7, 11) is -2.28. The van der Waals surface area contributed by atoms with Gasteiger partial charge < -0.3 is 20.3 Å². The molecule has 7 nitrogen and oxygen atoms in total. The zero-order valence-corrected chi connectivity index (χ0v) is 16.5. The smallest absolute Gasteiger partial charge is 0.262 e. The van der Waals surface area contributed by atoms with Gasteiger partial charge in [0.25, 0.3) is 10.0 Å². The summed E-state index contributed by atoms with van der Waals surface area (Å²) >= 11 is 0. The summed E-state index contributed by atoms with van der Waals surface area (Å²) in [5, 5.41) is 0. The van der Waals surface area contributed by atoms with Crippen LogP contribution >= 0.6 is 0 Å². The number of methoxy groups -OCH3 is 1. The average molecular weight is 401 g/mol. The molecular weight excluding hydrogens is 376 g/mol. The minimum atomic E-state index is -3.78. The Morgan fingerprint density at radius 3 is 2.79 bits per heavy atom. The first-order valence-electron chi connectivity index (χ1n) is 9.20. The Hall–Kier alpha value is -2.87. The van der Waals surface area contributed by atoms with Gasteiger partial charge in [0.2, 0.25) is 0 Å². The molecule has 4 rings (SSSR count). The van der Waals surface area contributed by atoms with Crippen molar-refractivity contribution < 1.29 is 13.2 Å². The number of piperazine rings is 1. The maximum atomic E-state index is 12.8. The van der Waals surface area contributed by atoms with Crippen molar-refractivity contribution in [2.45, 2.75) is 17.4 Å². The standard InChI is InChI=1S/C20H24N4O3S/c1-27-20-7-3-2-6-18(20)22-28(25,26)16-8-9-19(17(21)13-16)24-12-11-23-10-4-5-15(23)14-24/h2-4,6-10,13,15,22H,5,11-12,14,21H2,1H3. The first-order chi connectivity index (χ1) is 13.5. The van der Waals surface area contributed by atoms with Crippen molar-refractivity contribution in [3.8, 4) is 5.75 Å². The first kappa shape index (κ1) is 18.5. The number of ether oxygens (including phenoxy) is 1. The number of nitrogens with one attached hydrogen (secondary N) is 1. The molecule has 1 atom stereocenters. The first-order valence-corrected chi connectivity index (χ1v) is 10.7. The molecule has 1 saturated heterocycles. The Morgan fingerprint density at radius 2 is 2.00 bits per heavy atom. The molecule has 1 unspecified atom stereocenters. The quantitative estimate of drug-likeness (QED) is 0.750. The van der Waals surface area contributed by atoms with E-state index < -0.39 is 10.0 Å². The van der Waals surface area contributed by atoms with Gasteiger partial charge in [-0.1, -0.05) is 18.2 Å². The summed E-state index contributed by atoms with van der Waals surface area (Å²) in [6, 6.07) is 12.3. The van der Waals surface area contributed by atoms with E-state index in [0.717, 1.165) is 31.7 Å². The Labute approximate surface area is 165 Å². The van der Waals surface area contributed by atoms with Gasteiger partial charge in [-0.15, -0.1) is 0 Å². The lowest BCUT2D eigenvalue weighted by Crippen LogP contribution is -2.49. The van der Waals surface area contributed by atoms with Crippen molar-refractivity contribution in [1.29, 1.82) is 0 Å². The number of nitrogen functional groups attached to an aromatic ring is 1. The summed E-state index contributed by atoms with van der Waals surface area (Å²) in [4.78, 5) is 4.71. The third-order valence-electron chi connectivity index (χ3n) is 5.23. The van der Waals surface area contributed by atoms with Gasteiger partial charge in [0.05, 0.1) is 29.1 Å². The zero-order chi connectivity index (χ0) is 19.7. The highest BCUT2D eigenvalue weighted by Crippen LogP contribution is 2.32. The van der Waals surface area contributed by atoms with E-state index >= 15 is 0 Å². The maximum absolute atomic E-state index is 12.8. The van der Waals surface area contributed by atoms with Crippen LogP contribution in [-0.2, 0) is 10.0 Å². The third kappa shape index (κ3) is 3.47. The fraction of sp³-hybridized carbons (Fsp3) is 0.300. The Kier molecular flexibility index (Phi) is 4.80. The minimum absolute atomic E-state index is 0.126. The molecule has 28 heavy (non-hydrogen) atoms. The van der Waals surface area contributed by atoms with E-state index in [1.165, 1.54) is 13.2 Å². The van der Waals surface area contributed by atoms with Gasteiger partial charge in [-0.3, -0.25) is 4.72 Å². The lowest BCUT2D eigenvalue weighted by molar-refractivity contribution is 0.271. The molecule has 2 aliphatic rings.